The van der Waals surface area contributed by atoms with Crippen LogP contribution in [0.3, 0.4) is 0 Å². The number of imide groups is 1. The van der Waals surface area contributed by atoms with Crippen molar-refractivity contribution >= 4 is 40.2 Å². The van der Waals surface area contributed by atoms with Gasteiger partial charge in [-0.1, -0.05) is 35.9 Å². The van der Waals surface area contributed by atoms with Gasteiger partial charge in [-0.3, -0.25) is 14.9 Å². The van der Waals surface area contributed by atoms with E-state index in [1.54, 1.807) is 12.1 Å². The number of hydrogen-bond acceptors (Lipinski definition) is 6. The van der Waals surface area contributed by atoms with Crippen molar-refractivity contribution in [1.29, 1.82) is 0 Å². The Hall–Kier alpha value is -2.06. The smallest absolute Gasteiger partial charge is 0.288 e. The number of thioether (sulfide) groups is 1. The van der Waals surface area contributed by atoms with Crippen LogP contribution in [-0.2, 0) is 11.2 Å². The Bertz CT molecular complexity index is 816. The highest BCUT2D eigenvalue weighted by Gasteiger charge is 2.31. The number of carbonyl (C=O) groups excluding carboxylic acids is 2. The third-order valence-electron chi connectivity index (χ3n) is 4.10. The summed E-state index contributed by atoms with van der Waals surface area (Å²) in [5.74, 6) is -0.323. The molecule has 142 valence electrons. The summed E-state index contributed by atoms with van der Waals surface area (Å²) in [6, 6.07) is 14.9. The molecule has 1 fully saturated rings. The van der Waals surface area contributed by atoms with Gasteiger partial charge < -0.3 is 15.7 Å². The number of hydrogen-bond donors (Lipinski definition) is 4. The van der Waals surface area contributed by atoms with Crippen molar-refractivity contribution in [2.75, 3.05) is 18.4 Å². The number of aliphatic hydroxyl groups is 1. The number of anilines is 1. The van der Waals surface area contributed by atoms with E-state index in [9.17, 15) is 14.7 Å². The summed E-state index contributed by atoms with van der Waals surface area (Å²) >= 11 is 6.87. The van der Waals surface area contributed by atoms with Gasteiger partial charge in [0.15, 0.2) is 5.37 Å². The maximum Gasteiger partial charge on any atom is 0.288 e. The molecule has 1 unspecified atom stereocenters. The number of nitrogens with one attached hydrogen (secondary N) is 3. The molecule has 2 atom stereocenters. The molecule has 1 aliphatic heterocycles. The minimum Gasteiger partial charge on any atom is -0.387 e. The van der Waals surface area contributed by atoms with Crippen LogP contribution in [-0.4, -0.2) is 34.7 Å². The van der Waals surface area contributed by atoms with Crippen LogP contribution in [0.4, 0.5) is 10.5 Å². The van der Waals surface area contributed by atoms with Crippen LogP contribution >= 0.6 is 23.4 Å². The molecule has 2 amide bonds. The van der Waals surface area contributed by atoms with Crippen LogP contribution in [0.2, 0.25) is 5.02 Å². The second kappa shape index (κ2) is 9.23. The lowest BCUT2D eigenvalue weighted by atomic mass is 10.1. The number of amides is 2. The van der Waals surface area contributed by atoms with Crippen LogP contribution in [0.25, 0.3) is 0 Å². The molecule has 0 spiro atoms. The Morgan fingerprint density at radius 3 is 2.63 bits per heavy atom. The first-order chi connectivity index (χ1) is 13.0. The normalized spacial score (nSPS) is 17.6. The van der Waals surface area contributed by atoms with Crippen molar-refractivity contribution in [3.63, 3.8) is 0 Å². The van der Waals surface area contributed by atoms with Gasteiger partial charge in [-0.05, 0) is 60.1 Å². The standard InChI is InChI=1S/C19H20ClN3O3S/c20-14-3-1-2-13(10-14)16(24)11-21-9-8-12-4-6-15(7-5-12)22-18-17(25)23-19(26)27-18/h1-7,10,16,18,21-22,24H,8-9,11H2,(H,23,25,26)/t16-,18?/m1/s1. The Morgan fingerprint density at radius 2 is 1.96 bits per heavy atom. The van der Waals surface area contributed by atoms with E-state index in [0.29, 0.717) is 11.6 Å². The zero-order valence-corrected chi connectivity index (χ0v) is 16.0. The zero-order valence-electron chi connectivity index (χ0n) is 14.4. The van der Waals surface area contributed by atoms with Crippen molar-refractivity contribution < 1.29 is 14.7 Å². The van der Waals surface area contributed by atoms with Gasteiger partial charge in [-0.25, -0.2) is 0 Å². The van der Waals surface area contributed by atoms with E-state index in [1.165, 1.54) is 0 Å². The molecule has 27 heavy (non-hydrogen) atoms. The lowest BCUT2D eigenvalue weighted by Gasteiger charge is -2.13. The second-order valence-electron chi connectivity index (χ2n) is 6.14. The Balaban J connectivity index is 1.41. The lowest BCUT2D eigenvalue weighted by Crippen LogP contribution is -2.29. The van der Waals surface area contributed by atoms with Gasteiger partial charge >= 0.3 is 0 Å². The third-order valence-corrected chi connectivity index (χ3v) is 5.22. The summed E-state index contributed by atoms with van der Waals surface area (Å²) in [5.41, 5.74) is 2.70. The zero-order chi connectivity index (χ0) is 19.2. The van der Waals surface area contributed by atoms with E-state index in [1.807, 2.05) is 36.4 Å². The summed E-state index contributed by atoms with van der Waals surface area (Å²) in [5, 5.41) is 18.4. The number of benzene rings is 2. The molecular weight excluding hydrogens is 386 g/mol. The van der Waals surface area contributed by atoms with Gasteiger partial charge in [0.2, 0.25) is 0 Å². The minimum absolute atomic E-state index is 0.323. The first-order valence-electron chi connectivity index (χ1n) is 8.52. The van der Waals surface area contributed by atoms with E-state index in [4.69, 9.17) is 11.6 Å². The van der Waals surface area contributed by atoms with Crippen molar-refractivity contribution in [1.82, 2.24) is 10.6 Å². The Kier molecular flexibility index (Phi) is 6.73. The predicted octanol–water partition coefficient (Wildman–Crippen LogP) is 2.93. The largest absolute Gasteiger partial charge is 0.387 e. The van der Waals surface area contributed by atoms with Gasteiger partial charge in [0.25, 0.3) is 11.1 Å². The third kappa shape index (κ3) is 5.71. The van der Waals surface area contributed by atoms with Gasteiger partial charge in [0, 0.05) is 17.3 Å². The molecule has 8 heteroatoms. The average molecular weight is 406 g/mol. The summed E-state index contributed by atoms with van der Waals surface area (Å²) in [7, 11) is 0. The van der Waals surface area contributed by atoms with E-state index in [2.05, 4.69) is 16.0 Å². The van der Waals surface area contributed by atoms with Gasteiger partial charge in [0.1, 0.15) is 0 Å². The molecule has 0 radical (unpaired) electrons. The molecule has 1 aliphatic rings. The summed E-state index contributed by atoms with van der Waals surface area (Å²) < 4.78 is 0. The van der Waals surface area contributed by atoms with Crippen LogP contribution in [0.1, 0.15) is 17.2 Å². The SMILES string of the molecule is O=C1NC(=O)C(Nc2ccc(CCNC[C@@H](O)c3cccc(Cl)c3)cc2)S1. The quantitative estimate of drug-likeness (QED) is 0.505. The van der Waals surface area contributed by atoms with Gasteiger partial charge in [0.05, 0.1) is 6.10 Å². The number of carbonyl (C=O) groups is 2. The first-order valence-corrected chi connectivity index (χ1v) is 9.78. The average Bonchev–Trinajstić information content (AvgIpc) is 2.97. The van der Waals surface area contributed by atoms with Crippen molar-refractivity contribution in [3.8, 4) is 0 Å². The molecule has 0 saturated carbocycles. The molecule has 6 nitrogen and oxygen atoms in total. The number of aliphatic hydroxyl groups excluding tert-OH is 1. The molecule has 1 saturated heterocycles. The molecule has 0 aromatic heterocycles. The molecule has 2 aromatic carbocycles. The fourth-order valence-electron chi connectivity index (χ4n) is 2.67. The maximum absolute atomic E-state index is 11.6. The summed E-state index contributed by atoms with van der Waals surface area (Å²) in [4.78, 5) is 22.7. The molecule has 0 bridgehead atoms. The molecule has 2 aromatic rings. The first kappa shape index (κ1) is 19.7. The van der Waals surface area contributed by atoms with E-state index < -0.39 is 11.5 Å². The lowest BCUT2D eigenvalue weighted by molar-refractivity contribution is -0.118. The highest BCUT2D eigenvalue weighted by molar-refractivity contribution is 8.15. The van der Waals surface area contributed by atoms with Crippen LogP contribution < -0.4 is 16.0 Å². The monoisotopic (exact) mass is 405 g/mol. The highest BCUT2D eigenvalue weighted by atomic mass is 35.5. The van der Waals surface area contributed by atoms with E-state index in [0.717, 1.165) is 41.5 Å². The molecule has 3 rings (SSSR count). The fourth-order valence-corrected chi connectivity index (χ4v) is 3.61. The van der Waals surface area contributed by atoms with Crippen molar-refractivity contribution in [2.24, 2.45) is 0 Å². The van der Waals surface area contributed by atoms with Crippen molar-refractivity contribution in [3.05, 3.63) is 64.7 Å². The molecule has 1 heterocycles. The van der Waals surface area contributed by atoms with Gasteiger partial charge in [-0.2, -0.15) is 0 Å². The van der Waals surface area contributed by atoms with Crippen LogP contribution in [0, 0.1) is 0 Å². The van der Waals surface area contributed by atoms with E-state index >= 15 is 0 Å². The fraction of sp³-hybridized carbons (Fsp3) is 0.263. The number of rotatable bonds is 8. The van der Waals surface area contributed by atoms with E-state index in [-0.39, 0.29) is 11.1 Å². The summed E-state index contributed by atoms with van der Waals surface area (Å²) in [6.45, 7) is 1.17. The second-order valence-corrected chi connectivity index (χ2v) is 7.66. The van der Waals surface area contributed by atoms with Crippen molar-refractivity contribution in [2.45, 2.75) is 17.9 Å². The Morgan fingerprint density at radius 1 is 1.19 bits per heavy atom. The minimum atomic E-state index is -0.604. The highest BCUT2D eigenvalue weighted by Crippen LogP contribution is 2.22. The Labute approximate surface area is 166 Å². The maximum atomic E-state index is 11.6. The number of halogens is 1. The predicted molar refractivity (Wildman–Crippen MR) is 108 cm³/mol. The molecule has 4 N–H and O–H groups in total. The van der Waals surface area contributed by atoms with Crippen LogP contribution in [0.15, 0.2) is 48.5 Å². The molecular formula is C19H20ClN3O3S. The van der Waals surface area contributed by atoms with Crippen LogP contribution in [0.5, 0.6) is 0 Å². The topological polar surface area (TPSA) is 90.5 Å². The summed E-state index contributed by atoms with van der Waals surface area (Å²) in [6.07, 6.45) is 0.202. The molecule has 0 aliphatic carbocycles. The van der Waals surface area contributed by atoms with Gasteiger partial charge in [-0.15, -0.1) is 0 Å².